The van der Waals surface area contributed by atoms with E-state index in [9.17, 15) is 27.9 Å². The van der Waals surface area contributed by atoms with Gasteiger partial charge < -0.3 is 9.84 Å². The molecule has 5 saturated carbocycles. The molecule has 10 atom stereocenters. The van der Waals surface area contributed by atoms with Gasteiger partial charge in [0.1, 0.15) is 6.10 Å². The molecule has 0 aromatic heterocycles. The summed E-state index contributed by atoms with van der Waals surface area (Å²) in [7, 11) is -3.95. The van der Waals surface area contributed by atoms with E-state index in [4.69, 9.17) is 4.74 Å². The monoisotopic (exact) mass is 751 g/mol. The van der Waals surface area contributed by atoms with Crippen LogP contribution in [0.3, 0.4) is 0 Å². The van der Waals surface area contributed by atoms with E-state index in [2.05, 4.69) is 52.8 Å². The van der Waals surface area contributed by atoms with Gasteiger partial charge in [0.2, 0.25) is 5.91 Å². The molecule has 5 fully saturated rings. The average Bonchev–Trinajstić information content (AvgIpc) is 3.41. The fourth-order valence-electron chi connectivity index (χ4n) is 14.0. The van der Waals surface area contributed by atoms with Crippen molar-refractivity contribution >= 4 is 27.9 Å². The zero-order valence-electron chi connectivity index (χ0n) is 33.6. The summed E-state index contributed by atoms with van der Waals surface area (Å²) in [6.07, 6.45) is 10.1. The molecule has 0 spiro atoms. The lowest BCUT2D eigenvalue weighted by Gasteiger charge is -2.73. The van der Waals surface area contributed by atoms with Crippen LogP contribution in [0.1, 0.15) is 139 Å². The molecule has 294 valence electrons. The number of sulfonamides is 1. The number of fused-ring (bicyclic) bond motifs is 7. The SMILES string of the molecule is C=C(C)[C@@H]1CC[C@]2(CC(=O)NS(=O)(=O)c3ccccc3)CC[C@]3(C)[C@H](CC[C@@H]4[C@@]5(C)CC[C@H](OC(=O)CC(C)(C)CC(=O)O)C(C)(C)[C@@H]5CC[C@]43C)[C@@H]12. The molecule has 1 aromatic carbocycles. The Morgan fingerprint density at radius 1 is 0.868 bits per heavy atom. The van der Waals surface area contributed by atoms with Crippen molar-refractivity contribution in [3.63, 3.8) is 0 Å². The van der Waals surface area contributed by atoms with Crippen molar-refractivity contribution in [2.24, 2.45) is 62.1 Å². The van der Waals surface area contributed by atoms with E-state index in [0.717, 1.165) is 64.2 Å². The summed E-state index contributed by atoms with van der Waals surface area (Å²) in [5.74, 6) is 0.307. The third-order valence-electron chi connectivity index (χ3n) is 16.5. The van der Waals surface area contributed by atoms with Crippen molar-refractivity contribution in [3.05, 3.63) is 42.5 Å². The first kappa shape index (κ1) is 40.0. The number of carboxylic acid groups (broad SMARTS) is 1. The van der Waals surface area contributed by atoms with E-state index in [1.807, 2.05) is 13.8 Å². The highest BCUT2D eigenvalue weighted by Gasteiger charge is 2.71. The number of ether oxygens (including phenoxy) is 1. The maximum absolute atomic E-state index is 13.7. The Kier molecular flexibility index (Phi) is 10.2. The predicted octanol–water partition coefficient (Wildman–Crippen LogP) is 9.34. The summed E-state index contributed by atoms with van der Waals surface area (Å²) >= 11 is 0. The average molecular weight is 752 g/mol. The second kappa shape index (κ2) is 13.5. The summed E-state index contributed by atoms with van der Waals surface area (Å²) in [6, 6.07) is 8.15. The van der Waals surface area contributed by atoms with Crippen molar-refractivity contribution in [1.82, 2.24) is 4.72 Å². The van der Waals surface area contributed by atoms with Gasteiger partial charge in [-0.25, -0.2) is 13.1 Å². The highest BCUT2D eigenvalue weighted by Crippen LogP contribution is 2.78. The Hall–Kier alpha value is -2.68. The zero-order chi connectivity index (χ0) is 39.0. The summed E-state index contributed by atoms with van der Waals surface area (Å²) in [5, 5.41) is 9.34. The van der Waals surface area contributed by atoms with Crippen LogP contribution in [0.5, 0.6) is 0 Å². The number of carbonyl (C=O) groups is 3. The quantitative estimate of drug-likeness (QED) is 0.180. The van der Waals surface area contributed by atoms with Crippen LogP contribution in [0.15, 0.2) is 47.4 Å². The predicted molar refractivity (Wildman–Crippen MR) is 206 cm³/mol. The van der Waals surface area contributed by atoms with Crippen LogP contribution in [0.2, 0.25) is 0 Å². The van der Waals surface area contributed by atoms with E-state index in [-0.39, 0.29) is 69.2 Å². The lowest BCUT2D eigenvalue weighted by molar-refractivity contribution is -0.250. The molecule has 0 heterocycles. The molecule has 2 N–H and O–H groups in total. The van der Waals surface area contributed by atoms with Crippen molar-refractivity contribution in [1.29, 1.82) is 0 Å². The summed E-state index contributed by atoms with van der Waals surface area (Å²) < 4.78 is 35.1. The van der Waals surface area contributed by atoms with Crippen molar-refractivity contribution in [2.45, 2.75) is 150 Å². The van der Waals surface area contributed by atoms with Crippen LogP contribution < -0.4 is 4.72 Å². The molecule has 0 radical (unpaired) electrons. The van der Waals surface area contributed by atoms with Crippen molar-refractivity contribution in [3.8, 4) is 0 Å². The van der Waals surface area contributed by atoms with E-state index in [1.165, 1.54) is 17.7 Å². The molecule has 53 heavy (non-hydrogen) atoms. The lowest BCUT2D eigenvalue weighted by atomic mass is 9.32. The molecule has 0 unspecified atom stereocenters. The molecule has 8 nitrogen and oxygen atoms in total. The van der Waals surface area contributed by atoms with E-state index in [1.54, 1.807) is 18.2 Å². The molecule has 0 aliphatic heterocycles. The second-order valence-electron chi connectivity index (χ2n) is 20.3. The van der Waals surface area contributed by atoms with Gasteiger partial charge in [-0.2, -0.15) is 0 Å². The number of aliphatic carboxylic acids is 1. The molecule has 6 rings (SSSR count). The molecule has 0 bridgehead atoms. The van der Waals surface area contributed by atoms with Gasteiger partial charge in [-0.1, -0.05) is 78.8 Å². The first-order chi connectivity index (χ1) is 24.5. The third kappa shape index (κ3) is 6.71. The number of hydrogen-bond acceptors (Lipinski definition) is 6. The Balaban J connectivity index is 1.23. The lowest BCUT2D eigenvalue weighted by Crippen LogP contribution is -2.67. The van der Waals surface area contributed by atoms with Gasteiger partial charge in [-0.3, -0.25) is 14.4 Å². The maximum atomic E-state index is 13.7. The van der Waals surface area contributed by atoms with Gasteiger partial charge in [0.25, 0.3) is 10.0 Å². The number of esters is 1. The molecule has 5 aliphatic rings. The van der Waals surface area contributed by atoms with Crippen LogP contribution in [0.25, 0.3) is 0 Å². The van der Waals surface area contributed by atoms with Crippen LogP contribution in [0.4, 0.5) is 0 Å². The van der Waals surface area contributed by atoms with Gasteiger partial charge in [0.05, 0.1) is 17.7 Å². The molecular formula is C44H65NO7S. The molecule has 1 amide bonds. The summed E-state index contributed by atoms with van der Waals surface area (Å²) in [4.78, 5) is 38.5. The fraction of sp³-hybridized carbons (Fsp3) is 0.750. The van der Waals surface area contributed by atoms with Crippen LogP contribution in [0, 0.1) is 62.1 Å². The number of allylic oxidation sites excluding steroid dienone is 1. The molecule has 1 aromatic rings. The molecule has 9 heteroatoms. The van der Waals surface area contributed by atoms with Gasteiger partial charge in [-0.15, -0.1) is 0 Å². The van der Waals surface area contributed by atoms with E-state index >= 15 is 0 Å². The smallest absolute Gasteiger partial charge is 0.306 e. The highest BCUT2D eigenvalue weighted by molar-refractivity contribution is 7.90. The number of rotatable bonds is 10. The summed E-state index contributed by atoms with van der Waals surface area (Å²) in [5.41, 5.74) is 0.283. The number of carboxylic acids is 1. The first-order valence-corrected chi connectivity index (χ1v) is 21.7. The maximum Gasteiger partial charge on any atom is 0.306 e. The number of nitrogens with one attached hydrogen (secondary N) is 1. The van der Waals surface area contributed by atoms with Crippen molar-refractivity contribution in [2.75, 3.05) is 0 Å². The number of amides is 1. The molecular weight excluding hydrogens is 687 g/mol. The van der Waals surface area contributed by atoms with Crippen LogP contribution in [-0.4, -0.2) is 37.5 Å². The minimum atomic E-state index is -3.95. The van der Waals surface area contributed by atoms with Gasteiger partial charge in [0.15, 0.2) is 0 Å². The Morgan fingerprint density at radius 2 is 1.55 bits per heavy atom. The Bertz CT molecular complexity index is 1740. The topological polar surface area (TPSA) is 127 Å². The minimum Gasteiger partial charge on any atom is -0.481 e. The fourth-order valence-corrected chi connectivity index (χ4v) is 15.0. The third-order valence-corrected chi connectivity index (χ3v) is 17.9. The van der Waals surface area contributed by atoms with Crippen LogP contribution in [-0.2, 0) is 29.1 Å². The highest BCUT2D eigenvalue weighted by atomic mass is 32.2. The first-order valence-electron chi connectivity index (χ1n) is 20.2. The standard InChI is InChI=1S/C44H65NO7S/c1-28(2)30-17-22-44(25-35(46)45-53(50,51)29-13-11-10-12-14-29)24-23-42(8)31(38(30)44)15-16-33-41(7)20-19-34(40(5,6)32(41)18-21-43(33,42)9)52-37(49)27-39(3,4)26-36(47)48/h10-14,30-34,38H,1,15-27H2,2-9H3,(H,45,46)(H,47,48)/t30-,31+,32-,33+,34-,38+,41-,42+,43+,44+/m0/s1. The molecule has 5 aliphatic carbocycles. The van der Waals surface area contributed by atoms with Crippen molar-refractivity contribution < 1.29 is 32.6 Å². The minimum absolute atomic E-state index is 0.0614. The van der Waals surface area contributed by atoms with Gasteiger partial charge in [-0.05, 0) is 140 Å². The number of benzene rings is 1. The molecule has 0 saturated heterocycles. The number of carbonyl (C=O) groups excluding carboxylic acids is 2. The normalized spacial score (nSPS) is 39.0. The van der Waals surface area contributed by atoms with Gasteiger partial charge in [0, 0.05) is 11.8 Å². The number of hydrogen-bond donors (Lipinski definition) is 2. The van der Waals surface area contributed by atoms with Gasteiger partial charge >= 0.3 is 11.9 Å². The van der Waals surface area contributed by atoms with Crippen LogP contribution >= 0.6 is 0 Å². The van der Waals surface area contributed by atoms with E-state index in [0.29, 0.717) is 23.7 Å². The van der Waals surface area contributed by atoms with E-state index < -0.39 is 27.3 Å². The Morgan fingerprint density at radius 3 is 2.19 bits per heavy atom. The summed E-state index contributed by atoms with van der Waals surface area (Å²) in [6.45, 7) is 22.5. The zero-order valence-corrected chi connectivity index (χ0v) is 34.4. The second-order valence-corrected chi connectivity index (χ2v) is 22.0. The Labute approximate surface area is 318 Å². The largest absolute Gasteiger partial charge is 0.481 e.